The first-order chi connectivity index (χ1) is 16.0. The molecule has 5 rings (SSSR count). The van der Waals surface area contributed by atoms with Gasteiger partial charge >= 0.3 is 0 Å². The van der Waals surface area contributed by atoms with E-state index in [1.54, 1.807) is 28.2 Å². The molecule has 1 aliphatic heterocycles. The molecule has 0 aromatic carbocycles. The normalized spacial score (nSPS) is 18.0. The summed E-state index contributed by atoms with van der Waals surface area (Å²) in [4.78, 5) is 40.3. The second-order valence-electron chi connectivity index (χ2n) is 8.98. The number of H-pyrrole nitrogens is 1. The van der Waals surface area contributed by atoms with Crippen molar-refractivity contribution in [2.45, 2.75) is 38.1 Å². The van der Waals surface area contributed by atoms with Gasteiger partial charge < -0.3 is 15.2 Å². The second-order valence-corrected chi connectivity index (χ2v) is 8.98. The molecule has 4 heterocycles. The van der Waals surface area contributed by atoms with E-state index in [9.17, 15) is 9.59 Å². The van der Waals surface area contributed by atoms with Crippen LogP contribution in [0.2, 0.25) is 0 Å². The Labute approximate surface area is 191 Å². The molecule has 0 bridgehead atoms. The predicted molar refractivity (Wildman–Crippen MR) is 120 cm³/mol. The number of amides is 2. The third-order valence-electron chi connectivity index (χ3n) is 6.68. The van der Waals surface area contributed by atoms with Crippen LogP contribution in [0, 0.1) is 23.2 Å². The lowest BCUT2D eigenvalue weighted by atomic mass is 9.82. The molecule has 1 saturated heterocycles. The van der Waals surface area contributed by atoms with Gasteiger partial charge in [-0.25, -0.2) is 9.97 Å². The topological polar surface area (TPSA) is 133 Å². The molecule has 10 nitrogen and oxygen atoms in total. The minimum atomic E-state index is -0.600. The maximum atomic E-state index is 13.3. The van der Waals surface area contributed by atoms with Crippen LogP contribution in [-0.4, -0.2) is 60.6 Å². The summed E-state index contributed by atoms with van der Waals surface area (Å²) in [5, 5.41) is 16.2. The highest BCUT2D eigenvalue weighted by Gasteiger charge is 2.39. The fourth-order valence-electron chi connectivity index (χ4n) is 4.76. The van der Waals surface area contributed by atoms with E-state index in [2.05, 4.69) is 31.4 Å². The zero-order valence-corrected chi connectivity index (χ0v) is 18.5. The van der Waals surface area contributed by atoms with E-state index in [4.69, 9.17) is 5.26 Å². The van der Waals surface area contributed by atoms with Crippen molar-refractivity contribution in [3.63, 3.8) is 0 Å². The van der Waals surface area contributed by atoms with E-state index in [0.29, 0.717) is 35.5 Å². The number of nitriles is 1. The highest BCUT2D eigenvalue weighted by molar-refractivity contribution is 6.06. The zero-order chi connectivity index (χ0) is 22.9. The Kier molecular flexibility index (Phi) is 5.54. The number of nitrogens with one attached hydrogen (secondary N) is 2. The van der Waals surface area contributed by atoms with Crippen LogP contribution in [0.4, 0.5) is 0 Å². The van der Waals surface area contributed by atoms with Crippen LogP contribution < -0.4 is 5.32 Å². The Morgan fingerprint density at radius 3 is 2.73 bits per heavy atom. The van der Waals surface area contributed by atoms with Crippen molar-refractivity contribution in [1.29, 1.82) is 5.26 Å². The summed E-state index contributed by atoms with van der Waals surface area (Å²) in [7, 11) is 1.82. The monoisotopic (exact) mass is 446 g/mol. The van der Waals surface area contributed by atoms with Crippen molar-refractivity contribution in [2.24, 2.45) is 18.9 Å². The van der Waals surface area contributed by atoms with Gasteiger partial charge in [0.1, 0.15) is 11.6 Å². The molecule has 2 amide bonds. The SMILES string of the molecule is Cn1cc(-c2cnc3[nH]cc(C(=O)N[C@@H](C(=O)N4CC(C#N)C4)C4CCCCC4)c3n2)cn1. The van der Waals surface area contributed by atoms with Gasteiger partial charge in [0, 0.05) is 38.1 Å². The lowest BCUT2D eigenvalue weighted by Crippen LogP contribution is -2.58. The molecular weight excluding hydrogens is 420 g/mol. The lowest BCUT2D eigenvalue weighted by molar-refractivity contribution is -0.140. The summed E-state index contributed by atoms with van der Waals surface area (Å²) in [6, 6.07) is 1.60. The average Bonchev–Trinajstić information content (AvgIpc) is 3.43. The van der Waals surface area contributed by atoms with Gasteiger partial charge in [-0.15, -0.1) is 0 Å². The first-order valence-electron chi connectivity index (χ1n) is 11.4. The lowest BCUT2D eigenvalue weighted by Gasteiger charge is -2.40. The number of hydrogen-bond donors (Lipinski definition) is 2. The number of rotatable bonds is 5. The number of carbonyl (C=O) groups excluding carboxylic acids is 2. The molecule has 2 fully saturated rings. The van der Waals surface area contributed by atoms with E-state index >= 15 is 0 Å². The van der Waals surface area contributed by atoms with Gasteiger partial charge in [0.2, 0.25) is 5.91 Å². The van der Waals surface area contributed by atoms with Crippen LogP contribution in [0.3, 0.4) is 0 Å². The fraction of sp³-hybridized carbons (Fsp3) is 0.478. The molecule has 3 aromatic rings. The third kappa shape index (κ3) is 4.06. The molecule has 0 spiro atoms. The van der Waals surface area contributed by atoms with Crippen molar-refractivity contribution < 1.29 is 9.59 Å². The molecule has 1 atom stereocenters. The van der Waals surface area contributed by atoms with E-state index in [0.717, 1.165) is 37.7 Å². The predicted octanol–water partition coefficient (Wildman–Crippen LogP) is 2.02. The largest absolute Gasteiger partial charge is 0.344 e. The van der Waals surface area contributed by atoms with Crippen LogP contribution in [0.15, 0.2) is 24.8 Å². The first kappa shape index (κ1) is 21.1. The molecule has 1 saturated carbocycles. The summed E-state index contributed by atoms with van der Waals surface area (Å²) >= 11 is 0. The zero-order valence-electron chi connectivity index (χ0n) is 18.5. The summed E-state index contributed by atoms with van der Waals surface area (Å²) < 4.78 is 1.68. The van der Waals surface area contributed by atoms with Gasteiger partial charge in [-0.1, -0.05) is 19.3 Å². The highest BCUT2D eigenvalue weighted by atomic mass is 16.2. The number of nitrogens with zero attached hydrogens (tertiary/aromatic N) is 6. The van der Waals surface area contributed by atoms with Crippen LogP contribution >= 0.6 is 0 Å². The molecular formula is C23H26N8O2. The van der Waals surface area contributed by atoms with Crippen LogP contribution in [0.1, 0.15) is 42.5 Å². The van der Waals surface area contributed by atoms with Crippen molar-refractivity contribution in [3.05, 3.63) is 30.4 Å². The Hall–Kier alpha value is -3.74. The number of aryl methyl sites for hydroxylation is 1. The minimum Gasteiger partial charge on any atom is -0.344 e. The number of hydrogen-bond acceptors (Lipinski definition) is 6. The summed E-state index contributed by atoms with van der Waals surface area (Å²) in [5.41, 5.74) is 2.74. The van der Waals surface area contributed by atoms with Gasteiger partial charge in [0.05, 0.1) is 35.6 Å². The number of likely N-dealkylation sites (tertiary alicyclic amines) is 1. The van der Waals surface area contributed by atoms with Crippen molar-refractivity contribution >= 4 is 23.0 Å². The number of fused-ring (bicyclic) bond motifs is 1. The summed E-state index contributed by atoms with van der Waals surface area (Å²) in [6.45, 7) is 0.864. The Morgan fingerprint density at radius 2 is 2.03 bits per heavy atom. The third-order valence-corrected chi connectivity index (χ3v) is 6.68. The van der Waals surface area contributed by atoms with E-state index in [1.165, 1.54) is 0 Å². The van der Waals surface area contributed by atoms with Gasteiger partial charge in [0.15, 0.2) is 5.65 Å². The Morgan fingerprint density at radius 1 is 1.24 bits per heavy atom. The molecule has 170 valence electrons. The molecule has 1 aliphatic carbocycles. The molecule has 0 radical (unpaired) electrons. The van der Waals surface area contributed by atoms with Crippen LogP contribution in [0.25, 0.3) is 22.4 Å². The maximum absolute atomic E-state index is 13.3. The molecule has 2 N–H and O–H groups in total. The summed E-state index contributed by atoms with van der Waals surface area (Å²) in [6.07, 6.45) is 11.8. The maximum Gasteiger partial charge on any atom is 0.255 e. The number of aromatic nitrogens is 5. The second kappa shape index (κ2) is 8.65. The van der Waals surface area contributed by atoms with Gasteiger partial charge in [0.25, 0.3) is 5.91 Å². The number of carbonyl (C=O) groups is 2. The van der Waals surface area contributed by atoms with Crippen molar-refractivity contribution in [2.75, 3.05) is 13.1 Å². The van der Waals surface area contributed by atoms with Gasteiger partial charge in [-0.3, -0.25) is 14.3 Å². The Balaban J connectivity index is 1.40. The molecule has 10 heteroatoms. The molecule has 33 heavy (non-hydrogen) atoms. The molecule has 2 aliphatic rings. The first-order valence-corrected chi connectivity index (χ1v) is 11.4. The van der Waals surface area contributed by atoms with Crippen LogP contribution in [-0.2, 0) is 11.8 Å². The quantitative estimate of drug-likeness (QED) is 0.616. The van der Waals surface area contributed by atoms with Crippen LogP contribution in [0.5, 0.6) is 0 Å². The fourth-order valence-corrected chi connectivity index (χ4v) is 4.76. The van der Waals surface area contributed by atoms with E-state index in [-0.39, 0.29) is 23.7 Å². The highest BCUT2D eigenvalue weighted by Crippen LogP contribution is 2.29. The minimum absolute atomic E-state index is 0.0938. The summed E-state index contributed by atoms with van der Waals surface area (Å²) in [5.74, 6) is -0.464. The molecule has 3 aromatic heterocycles. The van der Waals surface area contributed by atoms with E-state index in [1.807, 2.05) is 13.2 Å². The van der Waals surface area contributed by atoms with Crippen molar-refractivity contribution in [3.8, 4) is 17.3 Å². The standard InChI is InChI=1S/C23H26N8O2/c1-30-13-16(8-27-30)18-10-26-21-20(28-18)17(9-25-21)22(32)29-19(15-5-3-2-4-6-15)23(33)31-11-14(7-24)12-31/h8-10,13-15,19H,2-6,11-12H2,1H3,(H,25,26)(H,29,32)/t19-/m1/s1. The average molecular weight is 447 g/mol. The smallest absolute Gasteiger partial charge is 0.255 e. The van der Waals surface area contributed by atoms with E-state index < -0.39 is 6.04 Å². The number of aromatic amines is 1. The van der Waals surface area contributed by atoms with Gasteiger partial charge in [-0.05, 0) is 18.8 Å². The van der Waals surface area contributed by atoms with Crippen molar-refractivity contribution in [1.82, 2.24) is 34.9 Å². The van der Waals surface area contributed by atoms with Gasteiger partial charge in [-0.2, -0.15) is 10.4 Å². The Bertz CT molecular complexity index is 1230. The molecule has 0 unspecified atom stereocenters.